The van der Waals surface area contributed by atoms with Gasteiger partial charge in [0.05, 0.1) is 26.1 Å². The van der Waals surface area contributed by atoms with Gasteiger partial charge in [-0.2, -0.15) is 0 Å². The maximum Gasteiger partial charge on any atom is 0.0873 e. The standard InChI is InChI=1S/C10H18O2/c1-9(2)6-11-5-3-4-10-7-12-8-10/h6,10H,3-5,7-8H2,1-2H3. The van der Waals surface area contributed by atoms with Crippen molar-refractivity contribution in [3.8, 4) is 0 Å². The highest BCUT2D eigenvalue weighted by Crippen LogP contribution is 2.15. The first-order valence-electron chi connectivity index (χ1n) is 4.62. The highest BCUT2D eigenvalue weighted by atomic mass is 16.5. The molecule has 0 radical (unpaired) electrons. The van der Waals surface area contributed by atoms with Crippen LogP contribution < -0.4 is 0 Å². The Kier molecular flexibility index (Phi) is 4.15. The fourth-order valence-electron chi connectivity index (χ4n) is 1.13. The van der Waals surface area contributed by atoms with Gasteiger partial charge in [0.25, 0.3) is 0 Å². The van der Waals surface area contributed by atoms with E-state index in [0.717, 1.165) is 32.2 Å². The molecule has 0 amide bonds. The molecule has 2 nitrogen and oxygen atoms in total. The smallest absolute Gasteiger partial charge is 0.0873 e. The molecule has 0 N–H and O–H groups in total. The molecule has 0 aromatic heterocycles. The number of ether oxygens (including phenoxy) is 2. The zero-order valence-corrected chi connectivity index (χ0v) is 8.01. The summed E-state index contributed by atoms with van der Waals surface area (Å²) in [5.41, 5.74) is 1.22. The molecule has 1 saturated heterocycles. The lowest BCUT2D eigenvalue weighted by atomic mass is 10.0. The largest absolute Gasteiger partial charge is 0.501 e. The first kappa shape index (κ1) is 9.59. The first-order chi connectivity index (χ1) is 5.79. The van der Waals surface area contributed by atoms with Crippen LogP contribution in [0.3, 0.4) is 0 Å². The van der Waals surface area contributed by atoms with E-state index in [0.29, 0.717) is 0 Å². The third kappa shape index (κ3) is 3.77. The molecule has 0 unspecified atom stereocenters. The van der Waals surface area contributed by atoms with Gasteiger partial charge in [0.2, 0.25) is 0 Å². The molecule has 0 atom stereocenters. The SMILES string of the molecule is CC(C)=COCCCC1COC1. The van der Waals surface area contributed by atoms with Crippen LogP contribution in [0.15, 0.2) is 11.8 Å². The van der Waals surface area contributed by atoms with Crippen LogP contribution in [0.2, 0.25) is 0 Å². The Morgan fingerprint density at radius 1 is 1.50 bits per heavy atom. The lowest BCUT2D eigenvalue weighted by Gasteiger charge is -2.25. The first-order valence-corrected chi connectivity index (χ1v) is 4.62. The maximum atomic E-state index is 5.31. The summed E-state index contributed by atoms with van der Waals surface area (Å²) in [6.07, 6.45) is 4.23. The van der Waals surface area contributed by atoms with Crippen LogP contribution in [0, 0.1) is 5.92 Å². The van der Waals surface area contributed by atoms with Crippen LogP contribution in [0.4, 0.5) is 0 Å². The second-order valence-corrected chi connectivity index (χ2v) is 3.61. The van der Waals surface area contributed by atoms with Crippen LogP contribution in [0.1, 0.15) is 26.7 Å². The maximum absolute atomic E-state index is 5.31. The monoisotopic (exact) mass is 170 g/mol. The molecule has 1 fully saturated rings. The van der Waals surface area contributed by atoms with Gasteiger partial charge in [0, 0.05) is 5.92 Å². The Morgan fingerprint density at radius 3 is 2.75 bits per heavy atom. The second-order valence-electron chi connectivity index (χ2n) is 3.61. The van der Waals surface area contributed by atoms with E-state index in [9.17, 15) is 0 Å². The molecule has 1 aliphatic rings. The zero-order valence-electron chi connectivity index (χ0n) is 8.01. The van der Waals surface area contributed by atoms with Gasteiger partial charge >= 0.3 is 0 Å². The van der Waals surface area contributed by atoms with Gasteiger partial charge in [-0.05, 0) is 32.3 Å². The van der Waals surface area contributed by atoms with E-state index in [4.69, 9.17) is 9.47 Å². The van der Waals surface area contributed by atoms with Crippen molar-refractivity contribution in [1.29, 1.82) is 0 Å². The van der Waals surface area contributed by atoms with E-state index in [1.807, 2.05) is 20.1 Å². The van der Waals surface area contributed by atoms with Crippen LogP contribution in [-0.2, 0) is 9.47 Å². The van der Waals surface area contributed by atoms with Gasteiger partial charge in [-0.1, -0.05) is 0 Å². The third-order valence-electron chi connectivity index (χ3n) is 1.90. The average Bonchev–Trinajstić information content (AvgIpc) is 1.92. The van der Waals surface area contributed by atoms with Crippen molar-refractivity contribution in [2.24, 2.45) is 5.92 Å². The van der Waals surface area contributed by atoms with Crippen LogP contribution in [0.25, 0.3) is 0 Å². The Bertz CT molecular complexity index is 144. The molecular weight excluding hydrogens is 152 g/mol. The molecule has 1 heterocycles. The summed E-state index contributed by atoms with van der Waals surface area (Å²) < 4.78 is 10.4. The topological polar surface area (TPSA) is 18.5 Å². The van der Waals surface area contributed by atoms with Crippen molar-refractivity contribution in [3.05, 3.63) is 11.8 Å². The Balaban J connectivity index is 1.85. The van der Waals surface area contributed by atoms with E-state index in [1.165, 1.54) is 12.0 Å². The molecule has 0 aliphatic carbocycles. The normalized spacial score (nSPS) is 16.8. The van der Waals surface area contributed by atoms with Gasteiger partial charge in [-0.3, -0.25) is 0 Å². The van der Waals surface area contributed by atoms with Gasteiger partial charge in [-0.25, -0.2) is 0 Å². The minimum absolute atomic E-state index is 0.806. The van der Waals surface area contributed by atoms with Crippen molar-refractivity contribution in [3.63, 3.8) is 0 Å². The minimum atomic E-state index is 0.806. The summed E-state index contributed by atoms with van der Waals surface area (Å²) in [5, 5.41) is 0. The Labute approximate surface area is 74.6 Å². The summed E-state index contributed by atoms with van der Waals surface area (Å²) in [4.78, 5) is 0. The summed E-state index contributed by atoms with van der Waals surface area (Å²) in [7, 11) is 0. The molecule has 0 saturated carbocycles. The van der Waals surface area contributed by atoms with Gasteiger partial charge in [0.15, 0.2) is 0 Å². The van der Waals surface area contributed by atoms with E-state index < -0.39 is 0 Å². The quantitative estimate of drug-likeness (QED) is 0.466. The predicted molar refractivity (Wildman–Crippen MR) is 48.9 cm³/mol. The summed E-state index contributed by atoms with van der Waals surface area (Å²) in [6.45, 7) is 6.85. The molecule has 0 aromatic rings. The van der Waals surface area contributed by atoms with Crippen molar-refractivity contribution in [1.82, 2.24) is 0 Å². The fourth-order valence-corrected chi connectivity index (χ4v) is 1.13. The van der Waals surface area contributed by atoms with E-state index >= 15 is 0 Å². The van der Waals surface area contributed by atoms with Gasteiger partial charge in [0.1, 0.15) is 0 Å². The van der Waals surface area contributed by atoms with Crippen LogP contribution in [-0.4, -0.2) is 19.8 Å². The van der Waals surface area contributed by atoms with Gasteiger partial charge < -0.3 is 9.47 Å². The summed E-state index contributed by atoms with van der Waals surface area (Å²) in [6, 6.07) is 0. The Morgan fingerprint density at radius 2 is 2.25 bits per heavy atom. The average molecular weight is 170 g/mol. The van der Waals surface area contributed by atoms with Crippen molar-refractivity contribution in [2.75, 3.05) is 19.8 Å². The van der Waals surface area contributed by atoms with Crippen LogP contribution in [0.5, 0.6) is 0 Å². The predicted octanol–water partition coefficient (Wildman–Crippen LogP) is 2.35. The molecule has 0 spiro atoms. The molecule has 1 rings (SSSR count). The molecule has 0 aromatic carbocycles. The second kappa shape index (κ2) is 5.20. The van der Waals surface area contributed by atoms with E-state index in [2.05, 4.69) is 0 Å². The van der Waals surface area contributed by atoms with Crippen molar-refractivity contribution in [2.45, 2.75) is 26.7 Å². The number of hydrogen-bond acceptors (Lipinski definition) is 2. The minimum Gasteiger partial charge on any atom is -0.501 e. The lowest BCUT2D eigenvalue weighted by molar-refractivity contribution is -0.0378. The lowest BCUT2D eigenvalue weighted by Crippen LogP contribution is -2.27. The number of rotatable bonds is 5. The van der Waals surface area contributed by atoms with E-state index in [-0.39, 0.29) is 0 Å². The highest BCUT2D eigenvalue weighted by Gasteiger charge is 2.16. The zero-order chi connectivity index (χ0) is 8.81. The molecule has 0 bridgehead atoms. The molecule has 70 valence electrons. The fraction of sp³-hybridized carbons (Fsp3) is 0.800. The molecule has 1 aliphatic heterocycles. The van der Waals surface area contributed by atoms with Gasteiger partial charge in [-0.15, -0.1) is 0 Å². The van der Waals surface area contributed by atoms with E-state index in [1.54, 1.807) is 0 Å². The third-order valence-corrected chi connectivity index (χ3v) is 1.90. The summed E-state index contributed by atoms with van der Waals surface area (Å²) >= 11 is 0. The highest BCUT2D eigenvalue weighted by molar-refractivity contribution is 4.86. The van der Waals surface area contributed by atoms with Crippen LogP contribution >= 0.6 is 0 Å². The molecular formula is C10H18O2. The number of allylic oxidation sites excluding steroid dienone is 1. The summed E-state index contributed by atoms with van der Waals surface area (Å²) in [5.74, 6) is 0.806. The molecule has 12 heavy (non-hydrogen) atoms. The number of hydrogen-bond donors (Lipinski definition) is 0. The molecule has 2 heteroatoms. The van der Waals surface area contributed by atoms with Crippen molar-refractivity contribution < 1.29 is 9.47 Å². The Hall–Kier alpha value is -0.500. The van der Waals surface area contributed by atoms with Crippen molar-refractivity contribution >= 4 is 0 Å².